The highest BCUT2D eigenvalue weighted by Crippen LogP contribution is 2.39. The van der Waals surface area contributed by atoms with E-state index in [9.17, 15) is 8.42 Å². The third-order valence-electron chi connectivity index (χ3n) is 4.22. The van der Waals surface area contributed by atoms with Crippen molar-refractivity contribution in [3.8, 4) is 10.6 Å². The molecule has 2 N–H and O–H groups in total. The highest BCUT2D eigenvalue weighted by molar-refractivity contribution is 7.92. The molecule has 0 saturated heterocycles. The Morgan fingerprint density at radius 3 is 2.60 bits per heavy atom. The normalized spacial score (nSPS) is 16.8. The van der Waals surface area contributed by atoms with Crippen LogP contribution in [0, 0.1) is 0 Å². The van der Waals surface area contributed by atoms with Crippen molar-refractivity contribution in [2.75, 3.05) is 10.0 Å². The Morgan fingerprint density at radius 1 is 1.16 bits per heavy atom. The van der Waals surface area contributed by atoms with E-state index in [4.69, 9.17) is 5.73 Å². The third kappa shape index (κ3) is 2.67. The van der Waals surface area contributed by atoms with Gasteiger partial charge < -0.3 is 5.73 Å². The summed E-state index contributed by atoms with van der Waals surface area (Å²) in [6.07, 6.45) is 0.656. The number of nitrogens with zero attached hydrogens (tertiary/aromatic N) is 3. The van der Waals surface area contributed by atoms with Crippen LogP contribution in [0.5, 0.6) is 0 Å². The Labute approximate surface area is 150 Å². The van der Waals surface area contributed by atoms with E-state index in [0.29, 0.717) is 16.4 Å². The summed E-state index contributed by atoms with van der Waals surface area (Å²) in [5.74, 6) is 0. The van der Waals surface area contributed by atoms with Crippen LogP contribution in [0.15, 0.2) is 53.4 Å². The predicted molar refractivity (Wildman–Crippen MR) is 99.0 cm³/mol. The Hall–Kier alpha value is -2.45. The molecule has 1 aromatic heterocycles. The molecule has 0 fully saturated rings. The molecule has 25 heavy (non-hydrogen) atoms. The van der Waals surface area contributed by atoms with Crippen molar-refractivity contribution < 1.29 is 8.42 Å². The van der Waals surface area contributed by atoms with Gasteiger partial charge in [0.25, 0.3) is 10.0 Å². The SMILES string of the molecule is C[C@@H]1Cc2cc(-c3nnc(N)s3)ccc2N1S(=O)(=O)c1ccccc1. The number of rotatable bonds is 3. The summed E-state index contributed by atoms with van der Waals surface area (Å²) < 4.78 is 27.6. The first-order valence-electron chi connectivity index (χ1n) is 7.78. The Balaban J connectivity index is 1.77. The quantitative estimate of drug-likeness (QED) is 0.763. The van der Waals surface area contributed by atoms with Gasteiger partial charge in [0, 0.05) is 11.6 Å². The Morgan fingerprint density at radius 2 is 1.92 bits per heavy atom. The smallest absolute Gasteiger partial charge is 0.264 e. The second-order valence-corrected chi connectivity index (χ2v) is 8.78. The van der Waals surface area contributed by atoms with E-state index in [1.807, 2.05) is 25.1 Å². The molecule has 1 atom stereocenters. The van der Waals surface area contributed by atoms with Gasteiger partial charge in [0.2, 0.25) is 5.13 Å². The number of benzene rings is 2. The van der Waals surface area contributed by atoms with Crippen molar-refractivity contribution in [3.05, 3.63) is 54.1 Å². The van der Waals surface area contributed by atoms with E-state index in [2.05, 4.69) is 10.2 Å². The van der Waals surface area contributed by atoms with Crippen molar-refractivity contribution in [1.82, 2.24) is 10.2 Å². The molecule has 128 valence electrons. The minimum atomic E-state index is -3.59. The van der Waals surface area contributed by atoms with Gasteiger partial charge in [0.05, 0.1) is 10.6 Å². The molecule has 8 heteroatoms. The second-order valence-electron chi connectivity index (χ2n) is 5.96. The summed E-state index contributed by atoms with van der Waals surface area (Å²) in [5.41, 5.74) is 8.26. The van der Waals surface area contributed by atoms with Gasteiger partial charge in [-0.3, -0.25) is 4.31 Å². The number of anilines is 2. The molecule has 0 aliphatic carbocycles. The topological polar surface area (TPSA) is 89.2 Å². The molecule has 3 aromatic rings. The fourth-order valence-corrected chi connectivity index (χ4v) is 5.48. The van der Waals surface area contributed by atoms with Crippen LogP contribution in [0.25, 0.3) is 10.6 Å². The van der Waals surface area contributed by atoms with Crippen LogP contribution in [0.1, 0.15) is 12.5 Å². The number of hydrogen-bond donors (Lipinski definition) is 1. The van der Waals surface area contributed by atoms with Crippen LogP contribution in [-0.4, -0.2) is 24.7 Å². The average molecular weight is 372 g/mol. The number of hydrogen-bond acceptors (Lipinski definition) is 6. The van der Waals surface area contributed by atoms with Crippen LogP contribution < -0.4 is 10.0 Å². The van der Waals surface area contributed by atoms with Crippen molar-refractivity contribution in [2.24, 2.45) is 0 Å². The summed E-state index contributed by atoms with van der Waals surface area (Å²) in [4.78, 5) is 0.302. The molecule has 0 unspecified atom stereocenters. The van der Waals surface area contributed by atoms with E-state index in [1.54, 1.807) is 30.3 Å². The molecule has 0 spiro atoms. The van der Waals surface area contributed by atoms with Crippen molar-refractivity contribution in [3.63, 3.8) is 0 Å². The van der Waals surface area contributed by atoms with Crippen LogP contribution in [0.3, 0.4) is 0 Å². The summed E-state index contributed by atoms with van der Waals surface area (Å²) in [6.45, 7) is 1.92. The maximum atomic E-state index is 13.1. The van der Waals surface area contributed by atoms with E-state index in [-0.39, 0.29) is 6.04 Å². The van der Waals surface area contributed by atoms with Gasteiger partial charge in [-0.25, -0.2) is 8.42 Å². The second kappa shape index (κ2) is 5.82. The Kier molecular flexibility index (Phi) is 3.73. The van der Waals surface area contributed by atoms with Gasteiger partial charge in [0.1, 0.15) is 5.01 Å². The van der Waals surface area contributed by atoms with Crippen molar-refractivity contribution >= 4 is 32.2 Å². The van der Waals surface area contributed by atoms with Crippen LogP contribution in [0.4, 0.5) is 10.8 Å². The summed E-state index contributed by atoms with van der Waals surface area (Å²) >= 11 is 1.31. The molecule has 0 radical (unpaired) electrons. The molecule has 1 aliphatic rings. The lowest BCUT2D eigenvalue weighted by atomic mass is 10.1. The van der Waals surface area contributed by atoms with E-state index >= 15 is 0 Å². The van der Waals surface area contributed by atoms with Crippen LogP contribution >= 0.6 is 11.3 Å². The average Bonchev–Trinajstić information content (AvgIpc) is 3.17. The van der Waals surface area contributed by atoms with E-state index in [0.717, 1.165) is 21.8 Å². The molecule has 6 nitrogen and oxygen atoms in total. The van der Waals surface area contributed by atoms with Crippen molar-refractivity contribution in [1.29, 1.82) is 0 Å². The molecular formula is C17H16N4O2S2. The van der Waals surface area contributed by atoms with Crippen LogP contribution in [-0.2, 0) is 16.4 Å². The zero-order valence-electron chi connectivity index (χ0n) is 13.5. The maximum absolute atomic E-state index is 13.1. The highest BCUT2D eigenvalue weighted by atomic mass is 32.2. The number of fused-ring (bicyclic) bond motifs is 1. The van der Waals surface area contributed by atoms with Crippen molar-refractivity contribution in [2.45, 2.75) is 24.3 Å². The Bertz CT molecular complexity index is 1030. The number of nitrogens with two attached hydrogens (primary N) is 1. The molecular weight excluding hydrogens is 356 g/mol. The van der Waals surface area contributed by atoms with Gasteiger partial charge in [-0.15, -0.1) is 10.2 Å². The first-order valence-corrected chi connectivity index (χ1v) is 10.0. The monoisotopic (exact) mass is 372 g/mol. The molecule has 2 heterocycles. The lowest BCUT2D eigenvalue weighted by Crippen LogP contribution is -2.35. The lowest BCUT2D eigenvalue weighted by molar-refractivity contribution is 0.584. The first kappa shape index (κ1) is 16.0. The lowest BCUT2D eigenvalue weighted by Gasteiger charge is -2.24. The predicted octanol–water partition coefficient (Wildman–Crippen LogP) is 2.93. The van der Waals surface area contributed by atoms with Crippen LogP contribution in [0.2, 0.25) is 0 Å². The minimum absolute atomic E-state index is 0.144. The van der Waals surface area contributed by atoms with Gasteiger partial charge in [0.15, 0.2) is 0 Å². The van der Waals surface area contributed by atoms with Gasteiger partial charge >= 0.3 is 0 Å². The van der Waals surface area contributed by atoms with E-state index < -0.39 is 10.0 Å². The molecule has 0 saturated carbocycles. The maximum Gasteiger partial charge on any atom is 0.264 e. The standard InChI is InChI=1S/C17H16N4O2S2/c1-11-9-13-10-12(16-19-20-17(18)24-16)7-8-15(13)21(11)25(22,23)14-5-3-2-4-6-14/h2-8,10-11H,9H2,1H3,(H2,18,20)/t11-/m1/s1. The van der Waals surface area contributed by atoms with E-state index in [1.165, 1.54) is 15.6 Å². The first-order chi connectivity index (χ1) is 12.0. The molecule has 2 aromatic carbocycles. The third-order valence-corrected chi connectivity index (χ3v) is 6.96. The van der Waals surface area contributed by atoms with Gasteiger partial charge in [-0.05, 0) is 49.2 Å². The summed E-state index contributed by atoms with van der Waals surface area (Å²) in [5, 5.41) is 9.04. The molecule has 4 rings (SSSR count). The largest absolute Gasteiger partial charge is 0.374 e. The summed E-state index contributed by atoms with van der Waals surface area (Å²) in [6, 6.07) is 14.1. The molecule has 0 bridgehead atoms. The van der Waals surface area contributed by atoms with Gasteiger partial charge in [-0.1, -0.05) is 29.5 Å². The summed E-state index contributed by atoms with van der Waals surface area (Å²) in [7, 11) is -3.59. The number of sulfonamides is 1. The fraction of sp³-hybridized carbons (Fsp3) is 0.176. The zero-order valence-corrected chi connectivity index (χ0v) is 15.1. The minimum Gasteiger partial charge on any atom is -0.374 e. The van der Waals surface area contributed by atoms with Gasteiger partial charge in [-0.2, -0.15) is 0 Å². The highest BCUT2D eigenvalue weighted by Gasteiger charge is 2.36. The number of aromatic nitrogens is 2. The molecule has 0 amide bonds. The fourth-order valence-electron chi connectivity index (χ4n) is 3.16. The zero-order chi connectivity index (χ0) is 17.6. The number of nitrogen functional groups attached to an aromatic ring is 1. The molecule has 1 aliphatic heterocycles.